The van der Waals surface area contributed by atoms with Crippen LogP contribution in [0.3, 0.4) is 0 Å². The summed E-state index contributed by atoms with van der Waals surface area (Å²) in [5, 5.41) is 3.60. The normalized spacial score (nSPS) is 21.3. The first kappa shape index (κ1) is 14.7. The second kappa shape index (κ2) is 6.34. The summed E-state index contributed by atoms with van der Waals surface area (Å²) in [6, 6.07) is 6.73. The van der Waals surface area contributed by atoms with Gasteiger partial charge in [0, 0.05) is 30.8 Å². The van der Waals surface area contributed by atoms with Crippen LogP contribution in [0.15, 0.2) is 24.5 Å². The van der Waals surface area contributed by atoms with Crippen molar-refractivity contribution < 1.29 is 4.74 Å². The fourth-order valence-electron chi connectivity index (χ4n) is 3.78. The van der Waals surface area contributed by atoms with Gasteiger partial charge in [0.05, 0.1) is 25.2 Å². The number of nitrogens with one attached hydrogen (secondary N) is 2. The Hall–Kier alpha value is -1.85. The maximum absolute atomic E-state index is 5.58. The summed E-state index contributed by atoms with van der Waals surface area (Å²) in [7, 11) is 1.76. The van der Waals surface area contributed by atoms with Gasteiger partial charge in [-0.25, -0.2) is 4.98 Å². The lowest BCUT2D eigenvalue weighted by Gasteiger charge is -2.25. The van der Waals surface area contributed by atoms with Crippen molar-refractivity contribution in [2.75, 3.05) is 26.7 Å². The number of hydrogen-bond acceptors (Lipinski definition) is 4. The van der Waals surface area contributed by atoms with E-state index in [1.807, 2.05) is 0 Å². The zero-order chi connectivity index (χ0) is 15.6. The summed E-state index contributed by atoms with van der Waals surface area (Å²) in [6.45, 7) is 4.33. The van der Waals surface area contributed by atoms with Gasteiger partial charge in [-0.05, 0) is 43.6 Å². The Labute approximate surface area is 137 Å². The molecule has 4 rings (SSSR count). The molecule has 122 valence electrons. The first-order valence-corrected chi connectivity index (χ1v) is 8.50. The molecule has 1 saturated heterocycles. The molecule has 1 aromatic heterocycles. The molecule has 1 aromatic carbocycles. The molecule has 2 aliphatic rings. The molecule has 5 heteroatoms. The Balaban J connectivity index is 1.65. The van der Waals surface area contributed by atoms with Gasteiger partial charge in [-0.3, -0.25) is 4.90 Å². The van der Waals surface area contributed by atoms with Crippen LogP contribution in [-0.4, -0.2) is 41.6 Å². The van der Waals surface area contributed by atoms with Crippen molar-refractivity contribution in [1.82, 2.24) is 20.2 Å². The third-order valence-corrected chi connectivity index (χ3v) is 4.98. The predicted molar refractivity (Wildman–Crippen MR) is 89.6 cm³/mol. The maximum Gasteiger partial charge on any atom is 0.123 e. The van der Waals surface area contributed by atoms with Crippen LogP contribution in [0.5, 0.6) is 5.75 Å². The zero-order valence-corrected chi connectivity index (χ0v) is 13.6. The van der Waals surface area contributed by atoms with Crippen LogP contribution in [-0.2, 0) is 13.0 Å². The van der Waals surface area contributed by atoms with Crippen molar-refractivity contribution in [3.8, 4) is 5.75 Å². The first-order chi connectivity index (χ1) is 11.3. The minimum atomic E-state index is 0.174. The molecule has 2 aromatic rings. The fraction of sp³-hybridized carbons (Fsp3) is 0.500. The molecular weight excluding hydrogens is 288 g/mol. The lowest BCUT2D eigenvalue weighted by Crippen LogP contribution is -2.30. The average Bonchev–Trinajstić information content (AvgIpc) is 3.25. The van der Waals surface area contributed by atoms with Gasteiger partial charge in [0.25, 0.3) is 0 Å². The van der Waals surface area contributed by atoms with Gasteiger partial charge in [0.1, 0.15) is 5.75 Å². The lowest BCUT2D eigenvalue weighted by atomic mass is 9.96. The maximum atomic E-state index is 5.58. The number of likely N-dealkylation sites (tertiary alicyclic amines) is 1. The molecule has 0 amide bonds. The lowest BCUT2D eigenvalue weighted by molar-refractivity contribution is 0.320. The van der Waals surface area contributed by atoms with Gasteiger partial charge in [-0.15, -0.1) is 0 Å². The van der Waals surface area contributed by atoms with E-state index in [4.69, 9.17) is 4.74 Å². The highest BCUT2D eigenvalue weighted by Gasteiger charge is 2.25. The Bertz CT molecular complexity index is 675. The number of imidazole rings is 1. The SMILES string of the molecule is COc1ccc([C@H]2NCCc3[nH]cnc32)cc1CN1CCCC1. The number of benzene rings is 1. The molecule has 23 heavy (non-hydrogen) atoms. The van der Waals surface area contributed by atoms with Crippen molar-refractivity contribution in [2.24, 2.45) is 0 Å². The second-order valence-electron chi connectivity index (χ2n) is 6.46. The number of aromatic amines is 1. The van der Waals surface area contributed by atoms with Crippen molar-refractivity contribution in [3.63, 3.8) is 0 Å². The van der Waals surface area contributed by atoms with E-state index in [0.717, 1.165) is 31.0 Å². The smallest absolute Gasteiger partial charge is 0.123 e. The predicted octanol–water partition coefficient (Wildman–Crippen LogP) is 2.25. The molecule has 1 fully saturated rings. The van der Waals surface area contributed by atoms with Crippen molar-refractivity contribution in [2.45, 2.75) is 31.8 Å². The van der Waals surface area contributed by atoms with Crippen LogP contribution in [0.25, 0.3) is 0 Å². The quantitative estimate of drug-likeness (QED) is 0.909. The molecule has 3 heterocycles. The topological polar surface area (TPSA) is 53.2 Å². The minimum Gasteiger partial charge on any atom is -0.496 e. The Morgan fingerprint density at radius 3 is 3.00 bits per heavy atom. The average molecular weight is 312 g/mol. The molecule has 0 spiro atoms. The van der Waals surface area contributed by atoms with Gasteiger partial charge in [0.2, 0.25) is 0 Å². The van der Waals surface area contributed by atoms with E-state index in [-0.39, 0.29) is 6.04 Å². The van der Waals surface area contributed by atoms with E-state index in [2.05, 4.69) is 38.4 Å². The van der Waals surface area contributed by atoms with Crippen LogP contribution in [0, 0.1) is 0 Å². The number of nitrogens with zero attached hydrogens (tertiary/aromatic N) is 2. The van der Waals surface area contributed by atoms with E-state index in [1.165, 1.54) is 42.8 Å². The van der Waals surface area contributed by atoms with E-state index < -0.39 is 0 Å². The molecule has 1 atom stereocenters. The number of rotatable bonds is 4. The molecule has 2 aliphatic heterocycles. The summed E-state index contributed by atoms with van der Waals surface area (Å²) < 4.78 is 5.58. The highest BCUT2D eigenvalue weighted by atomic mass is 16.5. The summed E-state index contributed by atoms with van der Waals surface area (Å²) >= 11 is 0. The molecule has 0 aliphatic carbocycles. The van der Waals surface area contributed by atoms with Gasteiger partial charge in [-0.1, -0.05) is 6.07 Å². The molecule has 0 unspecified atom stereocenters. The largest absolute Gasteiger partial charge is 0.496 e. The highest BCUT2D eigenvalue weighted by molar-refractivity contribution is 5.41. The van der Waals surface area contributed by atoms with E-state index in [0.29, 0.717) is 0 Å². The van der Waals surface area contributed by atoms with Crippen LogP contribution >= 0.6 is 0 Å². The third-order valence-electron chi connectivity index (χ3n) is 4.98. The van der Waals surface area contributed by atoms with Crippen LogP contribution < -0.4 is 10.1 Å². The second-order valence-corrected chi connectivity index (χ2v) is 6.46. The number of methoxy groups -OCH3 is 1. The van der Waals surface area contributed by atoms with Crippen molar-refractivity contribution in [3.05, 3.63) is 47.0 Å². The zero-order valence-electron chi connectivity index (χ0n) is 13.6. The number of hydrogen-bond donors (Lipinski definition) is 2. The summed E-state index contributed by atoms with van der Waals surface area (Å²) in [4.78, 5) is 10.3. The van der Waals surface area contributed by atoms with E-state index >= 15 is 0 Å². The first-order valence-electron chi connectivity index (χ1n) is 8.50. The van der Waals surface area contributed by atoms with Crippen molar-refractivity contribution in [1.29, 1.82) is 0 Å². The number of ether oxygens (including phenoxy) is 1. The van der Waals surface area contributed by atoms with E-state index in [9.17, 15) is 0 Å². The van der Waals surface area contributed by atoms with Crippen LogP contribution in [0.2, 0.25) is 0 Å². The monoisotopic (exact) mass is 312 g/mol. The Morgan fingerprint density at radius 1 is 1.30 bits per heavy atom. The molecule has 2 N–H and O–H groups in total. The van der Waals surface area contributed by atoms with E-state index in [1.54, 1.807) is 13.4 Å². The summed E-state index contributed by atoms with van der Waals surface area (Å²) in [5.41, 5.74) is 4.93. The fourth-order valence-corrected chi connectivity index (χ4v) is 3.78. The van der Waals surface area contributed by atoms with Crippen LogP contribution in [0.1, 0.15) is 41.4 Å². The molecule has 5 nitrogen and oxygen atoms in total. The van der Waals surface area contributed by atoms with Crippen LogP contribution in [0.4, 0.5) is 0 Å². The van der Waals surface area contributed by atoms with Gasteiger partial charge in [0.15, 0.2) is 0 Å². The summed E-state index contributed by atoms with van der Waals surface area (Å²) in [5.74, 6) is 0.985. The van der Waals surface area contributed by atoms with Crippen molar-refractivity contribution >= 4 is 0 Å². The molecular formula is C18H24N4O. The highest BCUT2D eigenvalue weighted by Crippen LogP contribution is 2.30. The number of fused-ring (bicyclic) bond motifs is 1. The number of H-pyrrole nitrogens is 1. The Morgan fingerprint density at radius 2 is 2.17 bits per heavy atom. The van der Waals surface area contributed by atoms with Gasteiger partial charge >= 0.3 is 0 Å². The molecule has 0 radical (unpaired) electrons. The standard InChI is InChI=1S/C18H24N4O/c1-23-16-5-4-13(10-14(16)11-22-8-2-3-9-22)17-18-15(6-7-19-17)20-12-21-18/h4-5,10,12,17,19H,2-3,6-9,11H2,1H3,(H,20,21)/t17-/m1/s1. The molecule has 0 saturated carbocycles. The third kappa shape index (κ3) is 2.86. The van der Waals surface area contributed by atoms with Gasteiger partial charge < -0.3 is 15.0 Å². The van der Waals surface area contributed by atoms with Gasteiger partial charge in [-0.2, -0.15) is 0 Å². The summed E-state index contributed by atoms with van der Waals surface area (Å²) in [6.07, 6.45) is 5.44. The number of aromatic nitrogens is 2. The minimum absolute atomic E-state index is 0.174. The Kier molecular flexibility index (Phi) is 4.06. The molecule has 0 bridgehead atoms.